The average molecular weight is 316 g/mol. The summed E-state index contributed by atoms with van der Waals surface area (Å²) in [6, 6.07) is 0.117. The minimum absolute atomic E-state index is 0.0721. The van der Waals surface area contributed by atoms with E-state index in [2.05, 4.69) is 0 Å². The number of hydrogen-bond acceptors (Lipinski definition) is 5. The van der Waals surface area contributed by atoms with Crippen LogP contribution in [-0.4, -0.2) is 45.7 Å². The molecule has 1 rings (SSSR count). The Labute approximate surface area is 131 Å². The highest BCUT2D eigenvalue weighted by atomic mass is 16.6. The second-order valence-corrected chi connectivity index (χ2v) is 6.32. The molecule has 0 aliphatic heterocycles. The van der Waals surface area contributed by atoms with Crippen molar-refractivity contribution >= 4 is 18.0 Å². The first-order valence-corrected chi connectivity index (χ1v) is 7.25. The highest BCUT2D eigenvalue weighted by molar-refractivity contribution is 5.91. The number of amides is 1. The Kier molecular flexibility index (Phi) is 7.86. The zero-order valence-corrected chi connectivity index (χ0v) is 13.8. The van der Waals surface area contributed by atoms with E-state index in [1.54, 1.807) is 20.8 Å². The number of carboxylic acids is 1. The van der Waals surface area contributed by atoms with Gasteiger partial charge in [0, 0.05) is 19.0 Å². The highest BCUT2D eigenvalue weighted by Gasteiger charge is 2.32. The Bertz CT molecular complexity index is 394. The van der Waals surface area contributed by atoms with Crippen molar-refractivity contribution in [3.05, 3.63) is 0 Å². The van der Waals surface area contributed by atoms with E-state index in [4.69, 9.17) is 31.5 Å². The average Bonchev–Trinajstić information content (AvgIpc) is 2.28. The van der Waals surface area contributed by atoms with Crippen molar-refractivity contribution in [2.45, 2.75) is 71.1 Å². The van der Waals surface area contributed by atoms with Crippen molar-refractivity contribution in [2.24, 2.45) is 11.5 Å². The number of aliphatic carboxylic acids is 1. The van der Waals surface area contributed by atoms with E-state index >= 15 is 0 Å². The summed E-state index contributed by atoms with van der Waals surface area (Å²) in [6.07, 6.45) is 2.67. The minimum Gasteiger partial charge on any atom is -0.481 e. The summed E-state index contributed by atoms with van der Waals surface area (Å²) in [4.78, 5) is 22.3. The summed E-state index contributed by atoms with van der Waals surface area (Å²) in [5.41, 5.74) is 10.7. The molecule has 0 atom stereocenters. The summed E-state index contributed by atoms with van der Waals surface area (Å²) in [5.74, 6) is -1.09. The molecule has 1 amide bonds. The Hall–Kier alpha value is -1.83. The standard InChI is InChI=1S/C12H24N4O2.C2H4O2/c1-12(2,3)18-11(17)16(10(14)15)9-6-4-8(13)5-7-9;1-2(3)4/h8-9H,4-7,13H2,1-3H3,(H3,14,15);1H3,(H,3,4). The van der Waals surface area contributed by atoms with Gasteiger partial charge in [0.2, 0.25) is 0 Å². The molecule has 22 heavy (non-hydrogen) atoms. The Morgan fingerprint density at radius 1 is 1.23 bits per heavy atom. The number of rotatable bonds is 1. The Balaban J connectivity index is 0.000000980. The molecule has 0 aromatic heterocycles. The number of carbonyl (C=O) groups excluding carboxylic acids is 1. The van der Waals surface area contributed by atoms with Gasteiger partial charge in [0.1, 0.15) is 5.60 Å². The third kappa shape index (κ3) is 8.46. The molecule has 8 nitrogen and oxygen atoms in total. The van der Waals surface area contributed by atoms with Crippen LogP contribution in [0.5, 0.6) is 0 Å². The lowest BCUT2D eigenvalue weighted by Crippen LogP contribution is -2.51. The van der Waals surface area contributed by atoms with Gasteiger partial charge in [-0.2, -0.15) is 0 Å². The van der Waals surface area contributed by atoms with Crippen molar-refractivity contribution in [3.63, 3.8) is 0 Å². The quantitative estimate of drug-likeness (QED) is 0.426. The van der Waals surface area contributed by atoms with Crippen LogP contribution in [0.1, 0.15) is 53.4 Å². The van der Waals surface area contributed by atoms with Gasteiger partial charge in [-0.25, -0.2) is 9.69 Å². The maximum Gasteiger partial charge on any atom is 0.417 e. The maximum atomic E-state index is 12.0. The molecular weight excluding hydrogens is 288 g/mol. The van der Waals surface area contributed by atoms with Crippen molar-refractivity contribution in [1.29, 1.82) is 5.41 Å². The first kappa shape index (κ1) is 20.2. The van der Waals surface area contributed by atoms with Crippen LogP contribution in [0.15, 0.2) is 0 Å². The van der Waals surface area contributed by atoms with Crippen LogP contribution in [0.2, 0.25) is 0 Å². The molecule has 0 spiro atoms. The number of carbonyl (C=O) groups is 2. The Morgan fingerprint density at radius 3 is 1.95 bits per heavy atom. The number of nitrogens with two attached hydrogens (primary N) is 2. The first-order chi connectivity index (χ1) is 9.94. The molecule has 1 saturated carbocycles. The van der Waals surface area contributed by atoms with Crippen LogP contribution in [-0.2, 0) is 9.53 Å². The van der Waals surface area contributed by atoms with Crippen molar-refractivity contribution < 1.29 is 19.4 Å². The van der Waals surface area contributed by atoms with Crippen LogP contribution in [0.3, 0.4) is 0 Å². The van der Waals surface area contributed by atoms with Gasteiger partial charge in [-0.05, 0) is 46.5 Å². The predicted molar refractivity (Wildman–Crippen MR) is 83.5 cm³/mol. The second kappa shape index (κ2) is 8.57. The van der Waals surface area contributed by atoms with Gasteiger partial charge in [0.15, 0.2) is 5.96 Å². The lowest BCUT2D eigenvalue weighted by Gasteiger charge is -2.35. The van der Waals surface area contributed by atoms with E-state index in [1.807, 2.05) is 0 Å². The van der Waals surface area contributed by atoms with Crippen LogP contribution in [0.25, 0.3) is 0 Å². The molecule has 0 bridgehead atoms. The topological polar surface area (TPSA) is 143 Å². The lowest BCUT2D eigenvalue weighted by molar-refractivity contribution is -0.134. The molecule has 8 heteroatoms. The molecule has 0 aromatic carbocycles. The van der Waals surface area contributed by atoms with Crippen LogP contribution in [0.4, 0.5) is 4.79 Å². The van der Waals surface area contributed by atoms with E-state index in [-0.39, 0.29) is 18.0 Å². The van der Waals surface area contributed by atoms with Gasteiger partial charge in [-0.15, -0.1) is 0 Å². The third-order valence-electron chi connectivity index (χ3n) is 2.96. The fraction of sp³-hybridized carbons (Fsp3) is 0.786. The largest absolute Gasteiger partial charge is 0.481 e. The smallest absolute Gasteiger partial charge is 0.417 e. The van der Waals surface area contributed by atoms with E-state index < -0.39 is 17.7 Å². The van der Waals surface area contributed by atoms with Crippen LogP contribution >= 0.6 is 0 Å². The lowest BCUT2D eigenvalue weighted by atomic mass is 9.91. The molecular formula is C14H28N4O4. The fourth-order valence-corrected chi connectivity index (χ4v) is 2.12. The fourth-order valence-electron chi connectivity index (χ4n) is 2.12. The zero-order chi connectivity index (χ0) is 17.5. The molecule has 1 aliphatic rings. The predicted octanol–water partition coefficient (Wildman–Crippen LogP) is 1.48. The Morgan fingerprint density at radius 2 is 1.64 bits per heavy atom. The van der Waals surface area contributed by atoms with Gasteiger partial charge in [-0.1, -0.05) is 0 Å². The van der Waals surface area contributed by atoms with Gasteiger partial charge in [0.25, 0.3) is 5.97 Å². The minimum atomic E-state index is -0.833. The van der Waals surface area contributed by atoms with E-state index in [1.165, 1.54) is 4.90 Å². The monoisotopic (exact) mass is 316 g/mol. The number of nitrogens with zero attached hydrogens (tertiary/aromatic N) is 1. The number of nitrogens with one attached hydrogen (secondary N) is 1. The van der Waals surface area contributed by atoms with Gasteiger partial charge in [-0.3, -0.25) is 10.2 Å². The molecule has 1 fully saturated rings. The van der Waals surface area contributed by atoms with Crippen molar-refractivity contribution in [3.8, 4) is 0 Å². The van der Waals surface area contributed by atoms with Crippen molar-refractivity contribution in [1.82, 2.24) is 4.90 Å². The number of carboxylic acid groups (broad SMARTS) is 1. The summed E-state index contributed by atoms with van der Waals surface area (Å²) in [7, 11) is 0. The molecule has 0 aromatic rings. The van der Waals surface area contributed by atoms with Gasteiger partial charge in [0.05, 0.1) is 0 Å². The summed E-state index contributed by atoms with van der Waals surface area (Å²) >= 11 is 0. The van der Waals surface area contributed by atoms with E-state index in [0.29, 0.717) is 0 Å². The molecule has 0 unspecified atom stereocenters. The van der Waals surface area contributed by atoms with Crippen molar-refractivity contribution in [2.75, 3.05) is 0 Å². The molecule has 128 valence electrons. The maximum absolute atomic E-state index is 12.0. The van der Waals surface area contributed by atoms with Gasteiger partial charge < -0.3 is 21.3 Å². The normalized spacial score (nSPS) is 21.1. The molecule has 1 aliphatic carbocycles. The first-order valence-electron chi connectivity index (χ1n) is 7.25. The van der Waals surface area contributed by atoms with Crippen LogP contribution < -0.4 is 11.5 Å². The van der Waals surface area contributed by atoms with E-state index in [9.17, 15) is 4.79 Å². The SMILES string of the molecule is CC(=O)O.CC(C)(C)OC(=O)N(C(=N)N)C1CCC(N)CC1. The van der Waals surface area contributed by atoms with E-state index in [0.717, 1.165) is 32.6 Å². The molecule has 0 saturated heterocycles. The molecule has 6 N–H and O–H groups in total. The molecule has 0 radical (unpaired) electrons. The third-order valence-corrected chi connectivity index (χ3v) is 2.96. The zero-order valence-electron chi connectivity index (χ0n) is 13.8. The summed E-state index contributed by atoms with van der Waals surface area (Å²) in [6.45, 7) is 6.46. The van der Waals surface area contributed by atoms with Crippen LogP contribution in [0, 0.1) is 5.41 Å². The highest BCUT2D eigenvalue weighted by Crippen LogP contribution is 2.23. The second-order valence-electron chi connectivity index (χ2n) is 6.32. The number of guanidine groups is 1. The number of ether oxygens (including phenoxy) is 1. The van der Waals surface area contributed by atoms with Gasteiger partial charge >= 0.3 is 6.09 Å². The molecule has 0 heterocycles. The summed E-state index contributed by atoms with van der Waals surface area (Å²) in [5, 5.41) is 15.0. The summed E-state index contributed by atoms with van der Waals surface area (Å²) < 4.78 is 5.28. The number of hydrogen-bond donors (Lipinski definition) is 4.